The molecule has 154 valence electrons. The average Bonchev–Trinajstić information content (AvgIpc) is 3.25. The van der Waals surface area contributed by atoms with E-state index < -0.39 is 6.10 Å². The third-order valence-corrected chi connectivity index (χ3v) is 6.36. The van der Waals surface area contributed by atoms with Crippen LogP contribution >= 0.6 is 11.8 Å². The number of benzene rings is 2. The first-order valence-electron chi connectivity index (χ1n) is 9.73. The van der Waals surface area contributed by atoms with E-state index in [1.807, 2.05) is 48.5 Å². The second-order valence-electron chi connectivity index (χ2n) is 7.22. The summed E-state index contributed by atoms with van der Waals surface area (Å²) in [4.78, 5) is 1.88. The number of furan rings is 1. The Labute approximate surface area is 177 Å². The number of nitrogens with one attached hydrogen (secondary N) is 1. The highest BCUT2D eigenvalue weighted by atomic mass is 32.2. The Morgan fingerprint density at radius 2 is 1.93 bits per heavy atom. The van der Waals surface area contributed by atoms with Gasteiger partial charge in [0.25, 0.3) is 0 Å². The van der Waals surface area contributed by atoms with Crippen LogP contribution in [0.1, 0.15) is 29.1 Å². The quantitative estimate of drug-likeness (QED) is 0.448. The van der Waals surface area contributed by atoms with Crippen LogP contribution in [0.15, 0.2) is 68.8 Å². The lowest BCUT2D eigenvalue weighted by Gasteiger charge is -2.05. The van der Waals surface area contributed by atoms with E-state index in [4.69, 9.17) is 14.3 Å². The van der Waals surface area contributed by atoms with Gasteiger partial charge in [-0.15, -0.1) is 0 Å². The van der Waals surface area contributed by atoms with Crippen LogP contribution in [0.5, 0.6) is 5.75 Å². The molecule has 4 N–H and O–H groups in total. The van der Waals surface area contributed by atoms with Gasteiger partial charge in [0.05, 0.1) is 6.61 Å². The third kappa shape index (κ3) is 3.66. The molecule has 3 atom stereocenters. The fourth-order valence-corrected chi connectivity index (χ4v) is 4.73. The zero-order valence-corrected chi connectivity index (χ0v) is 16.8. The van der Waals surface area contributed by atoms with Gasteiger partial charge < -0.3 is 24.5 Å². The monoisotopic (exact) mass is 423 g/mol. The Morgan fingerprint density at radius 3 is 2.77 bits per heavy atom. The number of thioether (sulfide) groups is 1. The summed E-state index contributed by atoms with van der Waals surface area (Å²) in [5.74, 6) is 1.48. The Kier molecular flexibility index (Phi) is 5.14. The highest BCUT2D eigenvalue weighted by Crippen LogP contribution is 2.48. The SMILES string of the molecule is OCCNC1OC1c1cc(-c2ccc(/C=C3\Sc4ccccc4C3O)o2)ccc1O. The van der Waals surface area contributed by atoms with Crippen molar-refractivity contribution in [1.29, 1.82) is 0 Å². The molecule has 30 heavy (non-hydrogen) atoms. The van der Waals surface area contributed by atoms with Gasteiger partial charge in [0.15, 0.2) is 0 Å². The van der Waals surface area contributed by atoms with E-state index in [0.717, 1.165) is 20.9 Å². The van der Waals surface area contributed by atoms with Crippen molar-refractivity contribution >= 4 is 17.8 Å². The van der Waals surface area contributed by atoms with Gasteiger partial charge in [0.2, 0.25) is 0 Å². The predicted molar refractivity (Wildman–Crippen MR) is 114 cm³/mol. The van der Waals surface area contributed by atoms with Crippen molar-refractivity contribution in [3.63, 3.8) is 0 Å². The summed E-state index contributed by atoms with van der Waals surface area (Å²) < 4.78 is 11.6. The average molecular weight is 423 g/mol. The summed E-state index contributed by atoms with van der Waals surface area (Å²) in [7, 11) is 0. The third-order valence-electron chi connectivity index (χ3n) is 5.19. The van der Waals surface area contributed by atoms with Gasteiger partial charge in [-0.05, 0) is 48.0 Å². The fourth-order valence-electron chi connectivity index (χ4n) is 3.62. The van der Waals surface area contributed by atoms with Gasteiger partial charge in [-0.2, -0.15) is 0 Å². The molecule has 0 spiro atoms. The number of phenols is 1. The fraction of sp³-hybridized carbons (Fsp3) is 0.217. The number of fused-ring (bicyclic) bond motifs is 1. The molecule has 0 bridgehead atoms. The molecule has 0 radical (unpaired) electrons. The minimum Gasteiger partial charge on any atom is -0.508 e. The van der Waals surface area contributed by atoms with Crippen LogP contribution < -0.4 is 5.32 Å². The van der Waals surface area contributed by atoms with Crippen molar-refractivity contribution in [2.75, 3.05) is 13.2 Å². The molecule has 3 aromatic rings. The number of aromatic hydroxyl groups is 1. The smallest absolute Gasteiger partial charge is 0.140 e. The summed E-state index contributed by atoms with van der Waals surface area (Å²) in [5, 5.41) is 32.7. The maximum atomic E-state index is 10.6. The Bertz CT molecular complexity index is 1110. The highest BCUT2D eigenvalue weighted by molar-refractivity contribution is 8.03. The van der Waals surface area contributed by atoms with E-state index in [0.29, 0.717) is 23.6 Å². The van der Waals surface area contributed by atoms with E-state index in [1.165, 1.54) is 0 Å². The largest absolute Gasteiger partial charge is 0.508 e. The number of rotatable bonds is 6. The number of ether oxygens (including phenoxy) is 1. The van der Waals surface area contributed by atoms with Crippen LogP contribution in [0, 0.1) is 0 Å². The molecule has 3 unspecified atom stereocenters. The lowest BCUT2D eigenvalue weighted by molar-refractivity contribution is 0.226. The molecule has 0 amide bonds. The lowest BCUT2D eigenvalue weighted by atomic mass is 10.0. The van der Waals surface area contributed by atoms with Crippen molar-refractivity contribution in [2.24, 2.45) is 0 Å². The maximum absolute atomic E-state index is 10.6. The van der Waals surface area contributed by atoms with Crippen LogP contribution in [-0.4, -0.2) is 34.7 Å². The zero-order valence-electron chi connectivity index (χ0n) is 16.0. The second kappa shape index (κ2) is 7.94. The highest BCUT2D eigenvalue weighted by Gasteiger charge is 2.41. The van der Waals surface area contributed by atoms with Crippen LogP contribution in [0.3, 0.4) is 0 Å². The molecule has 2 aliphatic rings. The van der Waals surface area contributed by atoms with Gasteiger partial charge in [-0.25, -0.2) is 0 Å². The van der Waals surface area contributed by atoms with Gasteiger partial charge in [0.1, 0.15) is 35.7 Å². The van der Waals surface area contributed by atoms with Gasteiger partial charge >= 0.3 is 0 Å². The van der Waals surface area contributed by atoms with E-state index in [2.05, 4.69) is 5.32 Å². The molecule has 1 aromatic heterocycles. The number of epoxide rings is 1. The van der Waals surface area contributed by atoms with Crippen LogP contribution in [0.4, 0.5) is 0 Å². The number of aliphatic hydroxyl groups excluding tert-OH is 2. The van der Waals surface area contributed by atoms with E-state index >= 15 is 0 Å². The number of phenolic OH excluding ortho intramolecular Hbond substituents is 1. The molecule has 5 rings (SSSR count). The topological polar surface area (TPSA) is 98.4 Å². The van der Waals surface area contributed by atoms with Crippen LogP contribution in [0.25, 0.3) is 17.4 Å². The maximum Gasteiger partial charge on any atom is 0.140 e. The molecule has 0 aliphatic carbocycles. The molecule has 7 heteroatoms. The Balaban J connectivity index is 1.36. The van der Waals surface area contributed by atoms with Crippen molar-refractivity contribution in [3.05, 3.63) is 76.4 Å². The molecule has 3 heterocycles. The van der Waals surface area contributed by atoms with E-state index in [1.54, 1.807) is 23.9 Å². The summed E-state index contributed by atoms with van der Waals surface area (Å²) in [6.07, 6.45) is 0.753. The predicted octanol–water partition coefficient (Wildman–Crippen LogP) is 3.81. The first kappa shape index (κ1) is 19.4. The molecular formula is C23H21NO5S. The van der Waals surface area contributed by atoms with Crippen molar-refractivity contribution < 1.29 is 24.5 Å². The van der Waals surface area contributed by atoms with Crippen LogP contribution in [0.2, 0.25) is 0 Å². The second-order valence-corrected chi connectivity index (χ2v) is 8.34. The standard InChI is InChI=1S/C23H21NO5S/c25-10-9-24-23-22(29-23)16-11-13(5-7-17(16)26)18-8-6-14(28-18)12-20-21(27)15-3-1-2-4-19(15)30-20/h1-8,11-12,21-27H,9-10H2/b20-12-. The molecule has 1 fully saturated rings. The van der Waals surface area contributed by atoms with Crippen molar-refractivity contribution in [1.82, 2.24) is 5.32 Å². The molecule has 2 aliphatic heterocycles. The van der Waals surface area contributed by atoms with Gasteiger partial charge in [0, 0.05) is 27.5 Å². The van der Waals surface area contributed by atoms with Gasteiger partial charge in [-0.3, -0.25) is 5.32 Å². The Morgan fingerprint density at radius 1 is 1.07 bits per heavy atom. The first-order valence-corrected chi connectivity index (χ1v) is 10.5. The molecule has 6 nitrogen and oxygen atoms in total. The van der Waals surface area contributed by atoms with Gasteiger partial charge in [-0.1, -0.05) is 30.0 Å². The zero-order chi connectivity index (χ0) is 20.7. The minimum atomic E-state index is -0.643. The van der Waals surface area contributed by atoms with E-state index in [9.17, 15) is 10.2 Å². The Hall–Kier alpha value is -2.55. The number of hydrogen-bond acceptors (Lipinski definition) is 7. The number of aliphatic hydroxyl groups is 2. The summed E-state index contributed by atoms with van der Waals surface area (Å²) in [6.45, 7) is 0.465. The number of hydrogen-bond donors (Lipinski definition) is 4. The molecule has 2 aromatic carbocycles. The van der Waals surface area contributed by atoms with Crippen molar-refractivity contribution in [2.45, 2.75) is 23.3 Å². The first-order chi connectivity index (χ1) is 14.6. The normalized spacial score (nSPS) is 23.7. The summed E-state index contributed by atoms with van der Waals surface area (Å²) in [5.41, 5.74) is 2.42. The lowest BCUT2D eigenvalue weighted by Crippen LogP contribution is -2.21. The molecule has 0 saturated carbocycles. The molecule has 1 saturated heterocycles. The van der Waals surface area contributed by atoms with Crippen molar-refractivity contribution in [3.8, 4) is 17.1 Å². The summed E-state index contributed by atoms with van der Waals surface area (Å²) in [6, 6.07) is 16.8. The van der Waals surface area contributed by atoms with Crippen LogP contribution in [-0.2, 0) is 4.74 Å². The minimum absolute atomic E-state index is 0.0291. The van der Waals surface area contributed by atoms with E-state index in [-0.39, 0.29) is 24.7 Å². The summed E-state index contributed by atoms with van der Waals surface area (Å²) >= 11 is 1.54. The molecular weight excluding hydrogens is 402 g/mol.